The first-order valence-electron chi connectivity index (χ1n) is 6.83. The Kier molecular flexibility index (Phi) is 3.85. The van der Waals surface area contributed by atoms with Gasteiger partial charge < -0.3 is 10.6 Å². The van der Waals surface area contributed by atoms with Gasteiger partial charge in [0.2, 0.25) is 5.95 Å². The molecule has 2 heterocycles. The summed E-state index contributed by atoms with van der Waals surface area (Å²) < 4.78 is 0. The molecule has 1 aromatic carbocycles. The Hall–Kier alpha value is -1.65. The van der Waals surface area contributed by atoms with Crippen molar-refractivity contribution in [2.75, 3.05) is 18.0 Å². The quantitative estimate of drug-likeness (QED) is 0.943. The van der Waals surface area contributed by atoms with Crippen molar-refractivity contribution >= 4 is 17.5 Å². The molecule has 3 rings (SSSR count). The number of anilines is 1. The van der Waals surface area contributed by atoms with Crippen molar-refractivity contribution in [1.29, 1.82) is 0 Å². The maximum absolute atomic E-state index is 6.04. The maximum atomic E-state index is 6.04. The first-order valence-corrected chi connectivity index (χ1v) is 7.21. The Morgan fingerprint density at radius 3 is 3.05 bits per heavy atom. The smallest absolute Gasteiger partial charge is 0.226 e. The molecular weight excluding hydrogens is 272 g/mol. The van der Waals surface area contributed by atoms with Crippen LogP contribution in [0.15, 0.2) is 36.5 Å². The number of halogens is 1. The number of hydrogen-bond donors (Lipinski definition) is 1. The summed E-state index contributed by atoms with van der Waals surface area (Å²) in [4.78, 5) is 11.3. The van der Waals surface area contributed by atoms with Crippen molar-refractivity contribution in [3.63, 3.8) is 0 Å². The predicted molar refractivity (Wildman–Crippen MR) is 81.9 cm³/mol. The Morgan fingerprint density at radius 1 is 1.35 bits per heavy atom. The van der Waals surface area contributed by atoms with E-state index in [1.54, 1.807) is 6.20 Å². The van der Waals surface area contributed by atoms with Gasteiger partial charge in [-0.15, -0.1) is 0 Å². The largest absolute Gasteiger partial charge is 0.337 e. The number of aromatic nitrogens is 2. The van der Waals surface area contributed by atoms with Crippen LogP contribution in [0.1, 0.15) is 12.8 Å². The molecule has 104 valence electrons. The summed E-state index contributed by atoms with van der Waals surface area (Å²) in [6, 6.07) is 9.96. The van der Waals surface area contributed by atoms with Gasteiger partial charge in [-0.1, -0.05) is 23.7 Å². The van der Waals surface area contributed by atoms with E-state index in [1.165, 1.54) is 0 Å². The zero-order valence-corrected chi connectivity index (χ0v) is 11.9. The second-order valence-electron chi connectivity index (χ2n) is 4.98. The highest BCUT2D eigenvalue weighted by atomic mass is 35.5. The molecule has 0 aliphatic carbocycles. The minimum absolute atomic E-state index is 0.351. The van der Waals surface area contributed by atoms with E-state index >= 15 is 0 Å². The third-order valence-electron chi connectivity index (χ3n) is 3.67. The number of nitrogens with zero attached hydrogens (tertiary/aromatic N) is 3. The summed E-state index contributed by atoms with van der Waals surface area (Å²) in [5.74, 6) is 0.760. The van der Waals surface area contributed by atoms with Crippen LogP contribution in [-0.2, 0) is 0 Å². The van der Waals surface area contributed by atoms with E-state index in [0.717, 1.165) is 36.6 Å². The van der Waals surface area contributed by atoms with Gasteiger partial charge in [-0.05, 0) is 31.0 Å². The lowest BCUT2D eigenvalue weighted by Crippen LogP contribution is -2.36. The van der Waals surface area contributed by atoms with Gasteiger partial charge in [0.1, 0.15) is 0 Å². The number of hydrogen-bond acceptors (Lipinski definition) is 4. The molecular formula is C15H17ClN4. The van der Waals surface area contributed by atoms with Crippen LogP contribution in [0.25, 0.3) is 11.3 Å². The highest BCUT2D eigenvalue weighted by Gasteiger charge is 2.25. The molecule has 0 radical (unpaired) electrons. The van der Waals surface area contributed by atoms with Crippen LogP contribution in [0, 0.1) is 0 Å². The molecule has 1 aliphatic heterocycles. The van der Waals surface area contributed by atoms with E-state index < -0.39 is 0 Å². The summed E-state index contributed by atoms with van der Waals surface area (Å²) in [5.41, 5.74) is 7.71. The van der Waals surface area contributed by atoms with Crippen molar-refractivity contribution in [2.45, 2.75) is 18.9 Å². The molecule has 4 nitrogen and oxygen atoms in total. The molecule has 2 aromatic rings. The van der Waals surface area contributed by atoms with Gasteiger partial charge in [0.25, 0.3) is 0 Å². The summed E-state index contributed by atoms with van der Waals surface area (Å²) in [6.07, 6.45) is 4.05. The molecule has 0 amide bonds. The Labute approximate surface area is 123 Å². The second kappa shape index (κ2) is 5.77. The standard InChI is InChI=1S/C15H17ClN4/c16-12-4-1-3-11(9-12)14-6-7-18-15(19-14)20-8-2-5-13(20)10-17/h1,3-4,6-7,9,13H,2,5,8,10,17H2. The van der Waals surface area contributed by atoms with Crippen molar-refractivity contribution in [3.05, 3.63) is 41.6 Å². The third kappa shape index (κ3) is 2.62. The van der Waals surface area contributed by atoms with Crippen LogP contribution in [0.2, 0.25) is 5.02 Å². The fraction of sp³-hybridized carbons (Fsp3) is 0.333. The zero-order valence-electron chi connectivity index (χ0n) is 11.2. The van der Waals surface area contributed by atoms with E-state index in [-0.39, 0.29) is 0 Å². The SMILES string of the molecule is NCC1CCCN1c1nccc(-c2cccc(Cl)c2)n1. The lowest BCUT2D eigenvalue weighted by Gasteiger charge is -2.23. The summed E-state index contributed by atoms with van der Waals surface area (Å²) in [5, 5.41) is 0.712. The van der Waals surface area contributed by atoms with Gasteiger partial charge in [-0.3, -0.25) is 0 Å². The average Bonchev–Trinajstić information content (AvgIpc) is 2.96. The average molecular weight is 289 g/mol. The second-order valence-corrected chi connectivity index (χ2v) is 5.41. The summed E-state index contributed by atoms with van der Waals surface area (Å²) in [7, 11) is 0. The molecule has 1 aliphatic rings. The van der Waals surface area contributed by atoms with Gasteiger partial charge in [0.05, 0.1) is 5.69 Å². The molecule has 1 unspecified atom stereocenters. The molecule has 2 N–H and O–H groups in total. The molecule has 0 spiro atoms. The molecule has 1 aromatic heterocycles. The number of benzene rings is 1. The fourth-order valence-corrected chi connectivity index (χ4v) is 2.83. The van der Waals surface area contributed by atoms with Gasteiger partial charge >= 0.3 is 0 Å². The van der Waals surface area contributed by atoms with Gasteiger partial charge in [-0.2, -0.15) is 0 Å². The van der Waals surface area contributed by atoms with Crippen molar-refractivity contribution in [1.82, 2.24) is 9.97 Å². The highest BCUT2D eigenvalue weighted by molar-refractivity contribution is 6.30. The zero-order chi connectivity index (χ0) is 13.9. The predicted octanol–water partition coefficient (Wildman–Crippen LogP) is 2.72. The molecule has 20 heavy (non-hydrogen) atoms. The molecule has 1 fully saturated rings. The van der Waals surface area contributed by atoms with Crippen LogP contribution in [0.4, 0.5) is 5.95 Å². The molecule has 1 atom stereocenters. The third-order valence-corrected chi connectivity index (χ3v) is 3.90. The molecule has 1 saturated heterocycles. The molecule has 0 bridgehead atoms. The van der Waals surface area contributed by atoms with Crippen LogP contribution in [0.3, 0.4) is 0 Å². The lowest BCUT2D eigenvalue weighted by molar-refractivity contribution is 0.664. The topological polar surface area (TPSA) is 55.0 Å². The molecule has 5 heteroatoms. The highest BCUT2D eigenvalue weighted by Crippen LogP contribution is 2.25. The minimum atomic E-state index is 0.351. The van der Waals surface area contributed by atoms with Crippen molar-refractivity contribution in [3.8, 4) is 11.3 Å². The Balaban J connectivity index is 1.93. The van der Waals surface area contributed by atoms with Crippen LogP contribution in [-0.4, -0.2) is 29.1 Å². The van der Waals surface area contributed by atoms with E-state index in [1.807, 2.05) is 30.3 Å². The summed E-state index contributed by atoms with van der Waals surface area (Å²) >= 11 is 6.04. The van der Waals surface area contributed by atoms with E-state index in [4.69, 9.17) is 17.3 Å². The monoisotopic (exact) mass is 288 g/mol. The Morgan fingerprint density at radius 2 is 2.25 bits per heavy atom. The maximum Gasteiger partial charge on any atom is 0.226 e. The molecule has 0 saturated carbocycles. The van der Waals surface area contributed by atoms with Gasteiger partial charge in [-0.25, -0.2) is 9.97 Å². The lowest BCUT2D eigenvalue weighted by atomic mass is 10.1. The van der Waals surface area contributed by atoms with Crippen molar-refractivity contribution in [2.24, 2.45) is 5.73 Å². The van der Waals surface area contributed by atoms with E-state index in [0.29, 0.717) is 17.6 Å². The first-order chi connectivity index (χ1) is 9.78. The number of nitrogens with two attached hydrogens (primary N) is 1. The normalized spacial score (nSPS) is 18.5. The van der Waals surface area contributed by atoms with Crippen LogP contribution < -0.4 is 10.6 Å². The van der Waals surface area contributed by atoms with Crippen LogP contribution >= 0.6 is 11.6 Å². The summed E-state index contributed by atoms with van der Waals surface area (Å²) in [6.45, 7) is 1.62. The Bertz CT molecular complexity index is 602. The fourth-order valence-electron chi connectivity index (χ4n) is 2.64. The van der Waals surface area contributed by atoms with E-state index in [2.05, 4.69) is 14.9 Å². The number of rotatable bonds is 3. The minimum Gasteiger partial charge on any atom is -0.337 e. The van der Waals surface area contributed by atoms with Gasteiger partial charge in [0, 0.05) is 35.9 Å². The van der Waals surface area contributed by atoms with E-state index in [9.17, 15) is 0 Å². The van der Waals surface area contributed by atoms with Crippen molar-refractivity contribution < 1.29 is 0 Å². The van der Waals surface area contributed by atoms with Gasteiger partial charge in [0.15, 0.2) is 0 Å². The first kappa shape index (κ1) is 13.3. The van der Waals surface area contributed by atoms with Crippen LogP contribution in [0.5, 0.6) is 0 Å².